The highest BCUT2D eigenvalue weighted by molar-refractivity contribution is 7.92. The van der Waals surface area contributed by atoms with Crippen LogP contribution in [0, 0.1) is 0 Å². The first-order chi connectivity index (χ1) is 15.4. The van der Waals surface area contributed by atoms with Crippen molar-refractivity contribution in [3.05, 3.63) is 65.7 Å². The van der Waals surface area contributed by atoms with Crippen LogP contribution in [0.25, 0.3) is 0 Å². The van der Waals surface area contributed by atoms with Gasteiger partial charge in [-0.2, -0.15) is 0 Å². The Morgan fingerprint density at radius 1 is 0.969 bits per heavy atom. The number of carbonyl (C=O) groups is 1. The highest BCUT2D eigenvalue weighted by Crippen LogP contribution is 2.22. The van der Waals surface area contributed by atoms with Gasteiger partial charge in [0, 0.05) is 39.3 Å². The Labute approximate surface area is 190 Å². The maximum absolute atomic E-state index is 13.3. The molecule has 9 heteroatoms. The van der Waals surface area contributed by atoms with Crippen LogP contribution in [-0.4, -0.2) is 88.0 Å². The number of aliphatic hydroxyl groups is 1. The van der Waals surface area contributed by atoms with E-state index in [1.807, 2.05) is 18.2 Å². The van der Waals surface area contributed by atoms with E-state index in [9.17, 15) is 13.2 Å². The van der Waals surface area contributed by atoms with Crippen LogP contribution in [0.4, 0.5) is 5.69 Å². The summed E-state index contributed by atoms with van der Waals surface area (Å²) < 4.78 is 32.9. The Hall–Kier alpha value is -2.46. The molecule has 2 aromatic carbocycles. The molecule has 0 aliphatic carbocycles. The third kappa shape index (κ3) is 6.52. The van der Waals surface area contributed by atoms with Crippen LogP contribution >= 0.6 is 0 Å². The lowest BCUT2D eigenvalue weighted by Crippen LogP contribution is -2.49. The molecule has 0 spiro atoms. The molecule has 1 saturated heterocycles. The molecular weight excluding hydrogens is 430 g/mol. The zero-order chi connectivity index (χ0) is 23.0. The van der Waals surface area contributed by atoms with Gasteiger partial charge in [0.05, 0.1) is 37.3 Å². The summed E-state index contributed by atoms with van der Waals surface area (Å²) >= 11 is 0. The number of aliphatic hydroxyl groups excluding tert-OH is 1. The van der Waals surface area contributed by atoms with Gasteiger partial charge in [0.15, 0.2) is 0 Å². The fraction of sp³-hybridized carbons (Fsp3) is 0.435. The summed E-state index contributed by atoms with van der Waals surface area (Å²) in [5, 5.41) is 9.08. The van der Waals surface area contributed by atoms with Crippen LogP contribution in [0.2, 0.25) is 0 Å². The highest BCUT2D eigenvalue weighted by atomic mass is 32.2. The number of hydrogen-bond donors (Lipinski definition) is 1. The van der Waals surface area contributed by atoms with Crippen molar-refractivity contribution in [1.82, 2.24) is 9.80 Å². The number of esters is 1. The summed E-state index contributed by atoms with van der Waals surface area (Å²) in [7, 11) is -2.26. The van der Waals surface area contributed by atoms with Gasteiger partial charge in [0.2, 0.25) is 10.0 Å². The predicted molar refractivity (Wildman–Crippen MR) is 124 cm³/mol. The number of para-hydroxylation sites is 1. The quantitative estimate of drug-likeness (QED) is 0.535. The van der Waals surface area contributed by atoms with E-state index in [1.165, 1.54) is 11.4 Å². The molecule has 174 valence electrons. The maximum atomic E-state index is 13.3. The van der Waals surface area contributed by atoms with Crippen molar-refractivity contribution in [1.29, 1.82) is 0 Å². The largest absolute Gasteiger partial charge is 0.465 e. The minimum absolute atomic E-state index is 0.0160. The molecule has 0 atom stereocenters. The second kappa shape index (κ2) is 11.4. The molecule has 1 N–H and O–H groups in total. The molecule has 1 heterocycles. The van der Waals surface area contributed by atoms with E-state index in [-0.39, 0.29) is 18.9 Å². The standard InChI is InChI=1S/C23H31N3O5S/c1-31-23(28)21-9-7-20(8-10-21)19-26(22-5-3-2-4-6-22)32(29,30)18-16-25-13-11-24(12-14-25)15-17-27/h2-10,27H,11-19H2,1H3. The minimum atomic E-state index is -3.58. The number of anilines is 1. The van der Waals surface area contributed by atoms with Gasteiger partial charge in [0.1, 0.15) is 0 Å². The average Bonchev–Trinajstić information content (AvgIpc) is 2.82. The number of benzene rings is 2. The van der Waals surface area contributed by atoms with Gasteiger partial charge < -0.3 is 9.84 Å². The van der Waals surface area contributed by atoms with Gasteiger partial charge in [-0.05, 0) is 29.8 Å². The van der Waals surface area contributed by atoms with E-state index >= 15 is 0 Å². The number of ether oxygens (including phenoxy) is 1. The lowest BCUT2D eigenvalue weighted by Gasteiger charge is -2.34. The first-order valence-electron chi connectivity index (χ1n) is 10.7. The summed E-state index contributed by atoms with van der Waals surface area (Å²) in [6, 6.07) is 15.8. The molecule has 0 radical (unpaired) electrons. The van der Waals surface area contributed by atoms with Gasteiger partial charge >= 0.3 is 5.97 Å². The first-order valence-corrected chi connectivity index (χ1v) is 12.3. The maximum Gasteiger partial charge on any atom is 0.337 e. The molecular formula is C23H31N3O5S. The van der Waals surface area contributed by atoms with Crippen molar-refractivity contribution in [3.8, 4) is 0 Å². The van der Waals surface area contributed by atoms with Crippen LogP contribution in [-0.2, 0) is 21.3 Å². The molecule has 32 heavy (non-hydrogen) atoms. The summed E-state index contributed by atoms with van der Waals surface area (Å²) in [5.74, 6) is -0.412. The summed E-state index contributed by atoms with van der Waals surface area (Å²) in [4.78, 5) is 16.0. The zero-order valence-corrected chi connectivity index (χ0v) is 19.2. The Bertz CT molecular complexity index is 959. The van der Waals surface area contributed by atoms with Crippen LogP contribution in [0.1, 0.15) is 15.9 Å². The van der Waals surface area contributed by atoms with E-state index < -0.39 is 16.0 Å². The minimum Gasteiger partial charge on any atom is -0.465 e. The summed E-state index contributed by atoms with van der Waals surface area (Å²) in [6.45, 7) is 4.67. The van der Waals surface area contributed by atoms with E-state index in [0.717, 1.165) is 31.7 Å². The van der Waals surface area contributed by atoms with Crippen LogP contribution in [0.15, 0.2) is 54.6 Å². The lowest BCUT2D eigenvalue weighted by atomic mass is 10.1. The van der Waals surface area contributed by atoms with Crippen molar-refractivity contribution in [2.45, 2.75) is 6.54 Å². The molecule has 0 bridgehead atoms. The van der Waals surface area contributed by atoms with Crippen molar-refractivity contribution in [2.75, 3.05) is 63.0 Å². The van der Waals surface area contributed by atoms with Crippen molar-refractivity contribution in [2.24, 2.45) is 0 Å². The molecule has 1 aliphatic rings. The molecule has 0 aromatic heterocycles. The molecule has 3 rings (SSSR count). The number of rotatable bonds is 10. The fourth-order valence-electron chi connectivity index (χ4n) is 3.71. The monoisotopic (exact) mass is 461 g/mol. The molecule has 0 unspecified atom stereocenters. The van der Waals surface area contributed by atoms with E-state index in [4.69, 9.17) is 9.84 Å². The molecule has 8 nitrogen and oxygen atoms in total. The number of methoxy groups -OCH3 is 1. The summed E-state index contributed by atoms with van der Waals surface area (Å²) in [6.07, 6.45) is 0. The molecule has 0 amide bonds. The number of piperazine rings is 1. The Balaban J connectivity index is 1.70. The Kier molecular flexibility index (Phi) is 8.63. The molecule has 1 fully saturated rings. The number of carbonyl (C=O) groups excluding carboxylic acids is 1. The first kappa shape index (κ1) is 24.2. The number of nitrogens with zero attached hydrogens (tertiary/aromatic N) is 3. The van der Waals surface area contributed by atoms with Gasteiger partial charge in [-0.15, -0.1) is 0 Å². The predicted octanol–water partition coefficient (Wildman–Crippen LogP) is 1.42. The third-order valence-corrected chi connectivity index (χ3v) is 7.34. The molecule has 1 aliphatic heterocycles. The Morgan fingerprint density at radius 2 is 1.56 bits per heavy atom. The smallest absolute Gasteiger partial charge is 0.337 e. The Morgan fingerprint density at radius 3 is 2.12 bits per heavy atom. The average molecular weight is 462 g/mol. The van der Waals surface area contributed by atoms with Crippen LogP contribution in [0.5, 0.6) is 0 Å². The second-order valence-corrected chi connectivity index (χ2v) is 9.77. The van der Waals surface area contributed by atoms with Crippen LogP contribution < -0.4 is 4.31 Å². The van der Waals surface area contributed by atoms with Gasteiger partial charge in [-0.3, -0.25) is 14.1 Å². The zero-order valence-electron chi connectivity index (χ0n) is 18.4. The SMILES string of the molecule is COC(=O)c1ccc(CN(c2ccccc2)S(=O)(=O)CCN2CCN(CCO)CC2)cc1. The third-order valence-electron chi connectivity index (χ3n) is 5.63. The van der Waals surface area contributed by atoms with E-state index in [1.54, 1.807) is 36.4 Å². The fourth-order valence-corrected chi connectivity index (χ4v) is 5.20. The van der Waals surface area contributed by atoms with Gasteiger partial charge in [-0.25, -0.2) is 13.2 Å². The topological polar surface area (TPSA) is 90.4 Å². The summed E-state index contributed by atoms with van der Waals surface area (Å²) in [5.41, 5.74) is 1.81. The van der Waals surface area contributed by atoms with Crippen molar-refractivity contribution >= 4 is 21.7 Å². The van der Waals surface area contributed by atoms with E-state index in [0.29, 0.717) is 24.3 Å². The van der Waals surface area contributed by atoms with Gasteiger partial charge in [0.25, 0.3) is 0 Å². The number of β-amino-alcohol motifs (C(OH)–C–C–N with tert-alkyl or cyclic N) is 1. The second-order valence-electron chi connectivity index (χ2n) is 7.75. The molecule has 2 aromatic rings. The molecule has 0 saturated carbocycles. The van der Waals surface area contributed by atoms with E-state index in [2.05, 4.69) is 9.80 Å². The normalized spacial score (nSPS) is 15.4. The number of sulfonamides is 1. The van der Waals surface area contributed by atoms with Crippen molar-refractivity contribution in [3.63, 3.8) is 0 Å². The number of hydrogen-bond acceptors (Lipinski definition) is 7. The van der Waals surface area contributed by atoms with Crippen LogP contribution in [0.3, 0.4) is 0 Å². The van der Waals surface area contributed by atoms with Gasteiger partial charge in [-0.1, -0.05) is 30.3 Å². The van der Waals surface area contributed by atoms with Crippen molar-refractivity contribution < 1.29 is 23.1 Å². The highest BCUT2D eigenvalue weighted by Gasteiger charge is 2.25. The lowest BCUT2D eigenvalue weighted by molar-refractivity contribution is 0.0600.